The summed E-state index contributed by atoms with van der Waals surface area (Å²) < 4.78 is 5.16. The van der Waals surface area contributed by atoms with E-state index in [2.05, 4.69) is 38.7 Å². The van der Waals surface area contributed by atoms with Crippen LogP contribution in [-0.4, -0.2) is 34.8 Å². The molecule has 0 saturated carbocycles. The Bertz CT molecular complexity index is 1080. The third-order valence-electron chi connectivity index (χ3n) is 5.80. The van der Waals surface area contributed by atoms with Gasteiger partial charge in [0.25, 0.3) is 5.91 Å². The molecule has 1 saturated heterocycles. The van der Waals surface area contributed by atoms with Gasteiger partial charge >= 0.3 is 0 Å². The average Bonchev–Trinajstić information content (AvgIpc) is 3.34. The van der Waals surface area contributed by atoms with Crippen molar-refractivity contribution in [2.45, 2.75) is 52.1 Å². The minimum absolute atomic E-state index is 0.0956. The number of anilines is 1. The maximum atomic E-state index is 12.4. The van der Waals surface area contributed by atoms with E-state index in [-0.39, 0.29) is 18.2 Å². The lowest BCUT2D eigenvalue weighted by Crippen LogP contribution is -2.25. The standard InChI is InChI=1S/C25H30N4O3S/c1-18-22(9-12-32-18)24(31)28-25-27-21(17-33-25)14-23(30)26-15-19-7-6-8-20(13-19)16-29-10-4-2-3-5-11-29/h6-9,12-13,17H,2-5,10-11,14-16H2,1H3,(H,26,30)(H,27,28,31). The number of benzene rings is 1. The molecule has 0 spiro atoms. The highest BCUT2D eigenvalue weighted by atomic mass is 32.1. The Morgan fingerprint density at radius 1 is 1.12 bits per heavy atom. The van der Waals surface area contributed by atoms with E-state index in [4.69, 9.17) is 4.42 Å². The maximum absolute atomic E-state index is 12.4. The Hall–Kier alpha value is -2.97. The fraction of sp³-hybridized carbons (Fsp3) is 0.400. The molecule has 3 heterocycles. The van der Waals surface area contributed by atoms with Gasteiger partial charge in [0, 0.05) is 18.5 Å². The van der Waals surface area contributed by atoms with Crippen LogP contribution in [0.5, 0.6) is 0 Å². The van der Waals surface area contributed by atoms with Gasteiger partial charge in [-0.15, -0.1) is 11.3 Å². The fourth-order valence-electron chi connectivity index (χ4n) is 4.05. The Morgan fingerprint density at radius 3 is 2.67 bits per heavy atom. The molecule has 174 valence electrons. The summed E-state index contributed by atoms with van der Waals surface area (Å²) in [6.07, 6.45) is 6.87. The summed E-state index contributed by atoms with van der Waals surface area (Å²) in [7, 11) is 0. The van der Waals surface area contributed by atoms with Crippen molar-refractivity contribution >= 4 is 28.3 Å². The van der Waals surface area contributed by atoms with Gasteiger partial charge in [0.2, 0.25) is 5.91 Å². The highest BCUT2D eigenvalue weighted by Crippen LogP contribution is 2.19. The smallest absolute Gasteiger partial charge is 0.260 e. The first kappa shape index (κ1) is 23.2. The van der Waals surface area contributed by atoms with Crippen molar-refractivity contribution in [1.29, 1.82) is 0 Å². The third kappa shape index (κ3) is 6.76. The summed E-state index contributed by atoms with van der Waals surface area (Å²) in [5.41, 5.74) is 3.49. The number of carbonyl (C=O) groups excluding carboxylic acids is 2. The zero-order valence-electron chi connectivity index (χ0n) is 18.9. The fourth-order valence-corrected chi connectivity index (χ4v) is 4.75. The second-order valence-electron chi connectivity index (χ2n) is 8.45. The van der Waals surface area contributed by atoms with Crippen LogP contribution in [-0.2, 0) is 24.3 Å². The molecule has 1 aromatic carbocycles. The molecular weight excluding hydrogens is 436 g/mol. The highest BCUT2D eigenvalue weighted by molar-refractivity contribution is 7.14. The van der Waals surface area contributed by atoms with Gasteiger partial charge in [-0.2, -0.15) is 0 Å². The van der Waals surface area contributed by atoms with Crippen molar-refractivity contribution in [3.8, 4) is 0 Å². The summed E-state index contributed by atoms with van der Waals surface area (Å²) in [5.74, 6) is 0.188. The molecule has 0 bridgehead atoms. The Balaban J connectivity index is 1.25. The lowest BCUT2D eigenvalue weighted by molar-refractivity contribution is -0.120. The predicted octanol–water partition coefficient (Wildman–Crippen LogP) is 4.53. The molecule has 2 aromatic heterocycles. The average molecular weight is 467 g/mol. The summed E-state index contributed by atoms with van der Waals surface area (Å²) >= 11 is 1.30. The molecule has 0 radical (unpaired) electrons. The van der Waals surface area contributed by atoms with Gasteiger partial charge in [-0.1, -0.05) is 37.1 Å². The number of nitrogens with one attached hydrogen (secondary N) is 2. The van der Waals surface area contributed by atoms with E-state index < -0.39 is 0 Å². The summed E-state index contributed by atoms with van der Waals surface area (Å²) in [6, 6.07) is 10.1. The SMILES string of the molecule is Cc1occc1C(=O)Nc1nc(CC(=O)NCc2cccc(CN3CCCCCC3)c2)cs1. The number of likely N-dealkylation sites (tertiary alicyclic amines) is 1. The van der Waals surface area contributed by atoms with Crippen LogP contribution >= 0.6 is 11.3 Å². The molecular formula is C25H30N4O3S. The number of aryl methyl sites for hydroxylation is 1. The molecule has 8 heteroatoms. The number of rotatable bonds is 8. The van der Waals surface area contributed by atoms with E-state index in [9.17, 15) is 9.59 Å². The number of nitrogens with zero attached hydrogens (tertiary/aromatic N) is 2. The van der Waals surface area contributed by atoms with Crippen LogP contribution < -0.4 is 10.6 Å². The molecule has 3 aromatic rings. The molecule has 1 fully saturated rings. The van der Waals surface area contributed by atoms with Gasteiger partial charge in [-0.25, -0.2) is 4.98 Å². The van der Waals surface area contributed by atoms with Crippen molar-refractivity contribution in [3.05, 3.63) is 70.1 Å². The maximum Gasteiger partial charge on any atom is 0.260 e. The number of amides is 2. The molecule has 0 atom stereocenters. The molecule has 0 aliphatic carbocycles. The van der Waals surface area contributed by atoms with Gasteiger partial charge < -0.3 is 9.73 Å². The van der Waals surface area contributed by atoms with Crippen molar-refractivity contribution < 1.29 is 14.0 Å². The zero-order valence-corrected chi connectivity index (χ0v) is 19.7. The van der Waals surface area contributed by atoms with Gasteiger partial charge in [0.15, 0.2) is 5.13 Å². The first-order chi connectivity index (χ1) is 16.1. The molecule has 0 unspecified atom stereocenters. The number of furan rings is 1. The molecule has 2 N–H and O–H groups in total. The van der Waals surface area contributed by atoms with Crippen LogP contribution in [0.15, 0.2) is 46.4 Å². The second-order valence-corrected chi connectivity index (χ2v) is 9.31. The number of hydrogen-bond acceptors (Lipinski definition) is 6. The van der Waals surface area contributed by atoms with Crippen LogP contribution in [0.3, 0.4) is 0 Å². The number of hydrogen-bond donors (Lipinski definition) is 2. The van der Waals surface area contributed by atoms with Gasteiger partial charge in [0.1, 0.15) is 5.76 Å². The molecule has 7 nitrogen and oxygen atoms in total. The third-order valence-corrected chi connectivity index (χ3v) is 6.61. The monoisotopic (exact) mass is 466 g/mol. The number of carbonyl (C=O) groups is 2. The normalized spacial score (nSPS) is 14.6. The van der Waals surface area contributed by atoms with Crippen molar-refractivity contribution in [1.82, 2.24) is 15.2 Å². The largest absolute Gasteiger partial charge is 0.469 e. The predicted molar refractivity (Wildman–Crippen MR) is 129 cm³/mol. The molecule has 4 rings (SSSR count). The minimum atomic E-state index is -0.272. The van der Waals surface area contributed by atoms with E-state index >= 15 is 0 Å². The lowest BCUT2D eigenvalue weighted by atomic mass is 10.1. The van der Waals surface area contributed by atoms with Crippen LogP contribution in [0.1, 0.15) is 58.6 Å². The molecule has 33 heavy (non-hydrogen) atoms. The molecule has 1 aliphatic rings. The van der Waals surface area contributed by atoms with Crippen LogP contribution in [0.2, 0.25) is 0 Å². The first-order valence-electron chi connectivity index (χ1n) is 11.4. The van der Waals surface area contributed by atoms with E-state index in [1.807, 2.05) is 6.07 Å². The minimum Gasteiger partial charge on any atom is -0.469 e. The summed E-state index contributed by atoms with van der Waals surface area (Å²) in [4.78, 5) is 31.6. The summed E-state index contributed by atoms with van der Waals surface area (Å²) in [6.45, 7) is 5.52. The van der Waals surface area contributed by atoms with E-state index in [0.29, 0.717) is 28.7 Å². The van der Waals surface area contributed by atoms with Crippen molar-refractivity contribution in [2.24, 2.45) is 0 Å². The van der Waals surface area contributed by atoms with Crippen molar-refractivity contribution in [3.63, 3.8) is 0 Å². The first-order valence-corrected chi connectivity index (χ1v) is 12.3. The van der Waals surface area contributed by atoms with Crippen LogP contribution in [0, 0.1) is 6.92 Å². The Morgan fingerprint density at radius 2 is 1.91 bits per heavy atom. The topological polar surface area (TPSA) is 87.5 Å². The van der Waals surface area contributed by atoms with Gasteiger partial charge in [-0.3, -0.25) is 19.8 Å². The van der Waals surface area contributed by atoms with Crippen LogP contribution in [0.25, 0.3) is 0 Å². The summed E-state index contributed by atoms with van der Waals surface area (Å²) in [5, 5.41) is 7.99. The van der Waals surface area contributed by atoms with E-state index in [1.165, 1.54) is 61.9 Å². The molecule has 2 amide bonds. The highest BCUT2D eigenvalue weighted by Gasteiger charge is 2.15. The number of aromatic nitrogens is 1. The van der Waals surface area contributed by atoms with E-state index in [0.717, 1.165) is 12.1 Å². The Kier molecular flexibility index (Phi) is 7.91. The second kappa shape index (κ2) is 11.2. The quantitative estimate of drug-likeness (QED) is 0.509. The Labute approximate surface area is 198 Å². The van der Waals surface area contributed by atoms with Crippen molar-refractivity contribution in [2.75, 3.05) is 18.4 Å². The lowest BCUT2D eigenvalue weighted by Gasteiger charge is -2.20. The zero-order chi connectivity index (χ0) is 23.0. The van der Waals surface area contributed by atoms with Crippen LogP contribution in [0.4, 0.5) is 5.13 Å². The van der Waals surface area contributed by atoms with Gasteiger partial charge in [0.05, 0.1) is 23.9 Å². The number of thiazole rings is 1. The van der Waals surface area contributed by atoms with Gasteiger partial charge in [-0.05, 0) is 50.0 Å². The molecule has 1 aliphatic heterocycles. The van der Waals surface area contributed by atoms with E-state index in [1.54, 1.807) is 18.4 Å².